The standard InChI is InChI=1S/C12H18O3/c1-8(2)10-4-3-9(5-6-13)11(7-14)12(10)15/h3-4,8,13-15H,5-7H2,1-2H3. The Kier molecular flexibility index (Phi) is 4.12. The highest BCUT2D eigenvalue weighted by Gasteiger charge is 2.13. The molecule has 3 heteroatoms. The van der Waals surface area contributed by atoms with Gasteiger partial charge in [-0.25, -0.2) is 0 Å². The van der Waals surface area contributed by atoms with Gasteiger partial charge in [0.2, 0.25) is 0 Å². The van der Waals surface area contributed by atoms with Crippen molar-refractivity contribution in [1.82, 2.24) is 0 Å². The Morgan fingerprint density at radius 2 is 1.87 bits per heavy atom. The molecule has 0 bridgehead atoms. The van der Waals surface area contributed by atoms with Gasteiger partial charge in [0.25, 0.3) is 0 Å². The molecular formula is C12H18O3. The zero-order chi connectivity index (χ0) is 11.4. The lowest BCUT2D eigenvalue weighted by molar-refractivity contribution is 0.269. The number of aromatic hydroxyl groups is 1. The van der Waals surface area contributed by atoms with Crippen molar-refractivity contribution in [3.63, 3.8) is 0 Å². The van der Waals surface area contributed by atoms with Crippen molar-refractivity contribution in [3.05, 3.63) is 28.8 Å². The van der Waals surface area contributed by atoms with E-state index >= 15 is 0 Å². The number of rotatable bonds is 4. The normalized spacial score (nSPS) is 11.0. The molecule has 0 aromatic heterocycles. The molecular weight excluding hydrogens is 192 g/mol. The number of aliphatic hydroxyl groups is 2. The fraction of sp³-hybridized carbons (Fsp3) is 0.500. The molecule has 0 aliphatic heterocycles. The molecule has 0 amide bonds. The molecule has 0 atom stereocenters. The molecule has 0 heterocycles. The lowest BCUT2D eigenvalue weighted by Crippen LogP contribution is -2.01. The quantitative estimate of drug-likeness (QED) is 0.706. The van der Waals surface area contributed by atoms with Gasteiger partial charge < -0.3 is 15.3 Å². The monoisotopic (exact) mass is 210 g/mol. The second-order valence-electron chi connectivity index (χ2n) is 3.93. The van der Waals surface area contributed by atoms with E-state index in [2.05, 4.69) is 0 Å². The Bertz CT molecular complexity index is 332. The highest BCUT2D eigenvalue weighted by molar-refractivity contribution is 5.46. The second kappa shape index (κ2) is 5.14. The molecule has 0 aliphatic rings. The largest absolute Gasteiger partial charge is 0.507 e. The van der Waals surface area contributed by atoms with Crippen molar-refractivity contribution in [2.75, 3.05) is 6.61 Å². The molecule has 0 radical (unpaired) electrons. The average Bonchev–Trinajstić information content (AvgIpc) is 2.18. The minimum Gasteiger partial charge on any atom is -0.507 e. The highest BCUT2D eigenvalue weighted by Crippen LogP contribution is 2.31. The van der Waals surface area contributed by atoms with E-state index in [-0.39, 0.29) is 24.9 Å². The second-order valence-corrected chi connectivity index (χ2v) is 3.93. The van der Waals surface area contributed by atoms with E-state index in [4.69, 9.17) is 5.11 Å². The van der Waals surface area contributed by atoms with E-state index < -0.39 is 0 Å². The Hall–Kier alpha value is -1.06. The van der Waals surface area contributed by atoms with Crippen LogP contribution in [0.25, 0.3) is 0 Å². The molecule has 15 heavy (non-hydrogen) atoms. The predicted molar refractivity (Wildman–Crippen MR) is 58.9 cm³/mol. The van der Waals surface area contributed by atoms with Gasteiger partial charge >= 0.3 is 0 Å². The van der Waals surface area contributed by atoms with Gasteiger partial charge in [0.05, 0.1) is 6.61 Å². The third-order valence-corrected chi connectivity index (χ3v) is 2.57. The molecule has 0 fully saturated rings. The van der Waals surface area contributed by atoms with Gasteiger partial charge in [-0.3, -0.25) is 0 Å². The minimum atomic E-state index is -0.193. The summed E-state index contributed by atoms with van der Waals surface area (Å²) in [4.78, 5) is 0. The van der Waals surface area contributed by atoms with Crippen molar-refractivity contribution in [1.29, 1.82) is 0 Å². The number of aliphatic hydroxyl groups excluding tert-OH is 2. The van der Waals surface area contributed by atoms with E-state index in [0.717, 1.165) is 11.1 Å². The first kappa shape index (κ1) is 12.0. The van der Waals surface area contributed by atoms with Crippen LogP contribution in [0.1, 0.15) is 36.5 Å². The van der Waals surface area contributed by atoms with Crippen LogP contribution >= 0.6 is 0 Å². The van der Waals surface area contributed by atoms with Crippen molar-refractivity contribution in [2.24, 2.45) is 0 Å². The molecule has 0 spiro atoms. The topological polar surface area (TPSA) is 60.7 Å². The smallest absolute Gasteiger partial charge is 0.124 e. The molecule has 3 N–H and O–H groups in total. The van der Waals surface area contributed by atoms with Crippen LogP contribution in [0.4, 0.5) is 0 Å². The maximum absolute atomic E-state index is 9.93. The molecule has 1 aromatic rings. The van der Waals surface area contributed by atoms with E-state index in [1.807, 2.05) is 26.0 Å². The lowest BCUT2D eigenvalue weighted by Gasteiger charge is -2.14. The third kappa shape index (κ3) is 2.49. The molecule has 84 valence electrons. The Labute approximate surface area is 90.0 Å². The molecule has 0 unspecified atom stereocenters. The summed E-state index contributed by atoms with van der Waals surface area (Å²) < 4.78 is 0. The SMILES string of the molecule is CC(C)c1ccc(CCO)c(CO)c1O. The van der Waals surface area contributed by atoms with E-state index in [1.54, 1.807) is 0 Å². The van der Waals surface area contributed by atoms with Gasteiger partial charge in [-0.15, -0.1) is 0 Å². The van der Waals surface area contributed by atoms with Crippen LogP contribution in [0.15, 0.2) is 12.1 Å². The van der Waals surface area contributed by atoms with Gasteiger partial charge in [-0.1, -0.05) is 26.0 Å². The van der Waals surface area contributed by atoms with Crippen molar-refractivity contribution < 1.29 is 15.3 Å². The summed E-state index contributed by atoms with van der Waals surface area (Å²) >= 11 is 0. The molecule has 1 rings (SSSR count). The molecule has 1 aromatic carbocycles. The maximum atomic E-state index is 9.93. The van der Waals surface area contributed by atoms with E-state index in [0.29, 0.717) is 12.0 Å². The summed E-state index contributed by atoms with van der Waals surface area (Å²) in [6, 6.07) is 3.71. The summed E-state index contributed by atoms with van der Waals surface area (Å²) in [6.07, 6.45) is 0.460. The molecule has 0 aliphatic carbocycles. The zero-order valence-electron chi connectivity index (χ0n) is 9.20. The fourth-order valence-corrected chi connectivity index (χ4v) is 1.69. The average molecular weight is 210 g/mol. The van der Waals surface area contributed by atoms with Crippen LogP contribution in [-0.4, -0.2) is 21.9 Å². The fourth-order valence-electron chi connectivity index (χ4n) is 1.69. The number of hydrogen-bond donors (Lipinski definition) is 3. The van der Waals surface area contributed by atoms with E-state index in [1.165, 1.54) is 0 Å². The van der Waals surface area contributed by atoms with Gasteiger partial charge in [-0.05, 0) is 23.5 Å². The van der Waals surface area contributed by atoms with E-state index in [9.17, 15) is 10.2 Å². The lowest BCUT2D eigenvalue weighted by atomic mass is 9.95. The van der Waals surface area contributed by atoms with Crippen molar-refractivity contribution >= 4 is 0 Å². The summed E-state index contributed by atoms with van der Waals surface area (Å²) in [6.45, 7) is 3.80. The first-order valence-electron chi connectivity index (χ1n) is 5.17. The maximum Gasteiger partial charge on any atom is 0.124 e. The van der Waals surface area contributed by atoms with Gasteiger partial charge in [0.15, 0.2) is 0 Å². The van der Waals surface area contributed by atoms with Crippen LogP contribution < -0.4 is 0 Å². The Balaban J connectivity index is 3.20. The van der Waals surface area contributed by atoms with Crippen LogP contribution in [0.5, 0.6) is 5.75 Å². The molecule has 0 saturated heterocycles. The Morgan fingerprint density at radius 3 is 2.33 bits per heavy atom. The van der Waals surface area contributed by atoms with Crippen molar-refractivity contribution in [3.8, 4) is 5.75 Å². The first-order valence-corrected chi connectivity index (χ1v) is 5.17. The van der Waals surface area contributed by atoms with Crippen LogP contribution in [0.2, 0.25) is 0 Å². The van der Waals surface area contributed by atoms with Gasteiger partial charge in [0, 0.05) is 12.2 Å². The minimum absolute atomic E-state index is 0.0213. The van der Waals surface area contributed by atoms with Gasteiger partial charge in [0.1, 0.15) is 5.75 Å². The summed E-state index contributed by atoms with van der Waals surface area (Å²) in [7, 11) is 0. The molecule has 3 nitrogen and oxygen atoms in total. The zero-order valence-corrected chi connectivity index (χ0v) is 9.20. The van der Waals surface area contributed by atoms with Crippen LogP contribution in [0, 0.1) is 0 Å². The van der Waals surface area contributed by atoms with Gasteiger partial charge in [-0.2, -0.15) is 0 Å². The highest BCUT2D eigenvalue weighted by atomic mass is 16.3. The Morgan fingerprint density at radius 1 is 1.20 bits per heavy atom. The summed E-state index contributed by atoms with van der Waals surface area (Å²) in [5.74, 6) is 0.386. The number of benzene rings is 1. The predicted octanol–water partition coefficient (Wildman–Crippen LogP) is 1.54. The summed E-state index contributed by atoms with van der Waals surface area (Å²) in [5, 5.41) is 28.0. The number of hydrogen-bond acceptors (Lipinski definition) is 3. The van der Waals surface area contributed by atoms with Crippen LogP contribution in [0.3, 0.4) is 0 Å². The third-order valence-electron chi connectivity index (χ3n) is 2.57. The molecule has 0 saturated carbocycles. The van der Waals surface area contributed by atoms with Crippen LogP contribution in [-0.2, 0) is 13.0 Å². The first-order chi connectivity index (χ1) is 7.11. The van der Waals surface area contributed by atoms with Crippen molar-refractivity contribution in [2.45, 2.75) is 32.8 Å². The number of phenols is 1. The summed E-state index contributed by atoms with van der Waals surface area (Å²) in [5.41, 5.74) is 2.18.